The number of rotatable bonds is 3. The van der Waals surface area contributed by atoms with Crippen molar-refractivity contribution in [3.05, 3.63) is 12.2 Å². The van der Waals surface area contributed by atoms with Crippen LogP contribution in [0, 0.1) is 0 Å². The smallest absolute Gasteiger partial charge is 0.0879 e. The quantitative estimate of drug-likeness (QED) is 0.471. The average Bonchev–Trinajstić information content (AvgIpc) is 2.06. The van der Waals surface area contributed by atoms with E-state index in [-0.39, 0.29) is 6.10 Å². The highest BCUT2D eigenvalue weighted by atomic mass is 35.5. The van der Waals surface area contributed by atoms with Gasteiger partial charge in [-0.1, -0.05) is 12.2 Å². The number of halogens is 1. The third-order valence-corrected chi connectivity index (χ3v) is 2.03. The first-order valence-corrected chi connectivity index (χ1v) is 4.38. The normalized spacial score (nSPS) is 25.8. The SMILES string of the molecule is COC1C=CCN(CCCl)C1. The molecule has 0 aromatic carbocycles. The zero-order valence-electron chi connectivity index (χ0n) is 6.79. The van der Waals surface area contributed by atoms with Crippen LogP contribution >= 0.6 is 11.6 Å². The molecule has 0 aliphatic carbocycles. The molecule has 0 N–H and O–H groups in total. The lowest BCUT2D eigenvalue weighted by Gasteiger charge is -2.26. The molecule has 0 aromatic heterocycles. The topological polar surface area (TPSA) is 12.5 Å². The summed E-state index contributed by atoms with van der Waals surface area (Å²) in [4.78, 5) is 2.28. The number of hydrogen-bond donors (Lipinski definition) is 0. The Hall–Kier alpha value is -0.0500. The van der Waals surface area contributed by atoms with Gasteiger partial charge in [0.2, 0.25) is 0 Å². The van der Waals surface area contributed by atoms with E-state index in [9.17, 15) is 0 Å². The molecule has 0 aromatic rings. The molecule has 0 fully saturated rings. The summed E-state index contributed by atoms with van der Waals surface area (Å²) in [6.07, 6.45) is 4.49. The van der Waals surface area contributed by atoms with Crippen molar-refractivity contribution in [2.45, 2.75) is 6.10 Å². The molecule has 2 nitrogen and oxygen atoms in total. The third kappa shape index (κ3) is 2.81. The van der Waals surface area contributed by atoms with Crippen LogP contribution in [0.2, 0.25) is 0 Å². The molecule has 0 amide bonds. The fraction of sp³-hybridized carbons (Fsp3) is 0.750. The van der Waals surface area contributed by atoms with Crippen molar-refractivity contribution in [1.29, 1.82) is 0 Å². The number of hydrogen-bond acceptors (Lipinski definition) is 2. The second kappa shape index (κ2) is 4.75. The summed E-state index contributed by atoms with van der Waals surface area (Å²) >= 11 is 5.62. The lowest BCUT2D eigenvalue weighted by atomic mass is 10.2. The summed E-state index contributed by atoms with van der Waals surface area (Å²) in [5.41, 5.74) is 0. The Morgan fingerprint density at radius 2 is 2.55 bits per heavy atom. The Morgan fingerprint density at radius 1 is 1.73 bits per heavy atom. The minimum atomic E-state index is 0.256. The van der Waals surface area contributed by atoms with E-state index < -0.39 is 0 Å². The van der Waals surface area contributed by atoms with Crippen LogP contribution in [0.4, 0.5) is 0 Å². The molecule has 11 heavy (non-hydrogen) atoms. The van der Waals surface area contributed by atoms with E-state index in [2.05, 4.69) is 17.1 Å². The largest absolute Gasteiger partial charge is 0.376 e. The van der Waals surface area contributed by atoms with Gasteiger partial charge in [-0.3, -0.25) is 4.90 Å². The zero-order chi connectivity index (χ0) is 8.10. The van der Waals surface area contributed by atoms with E-state index >= 15 is 0 Å². The Bertz CT molecular complexity index is 138. The second-order valence-corrected chi connectivity index (χ2v) is 3.03. The van der Waals surface area contributed by atoms with Crippen molar-refractivity contribution in [1.82, 2.24) is 4.90 Å². The van der Waals surface area contributed by atoms with Gasteiger partial charge >= 0.3 is 0 Å². The van der Waals surface area contributed by atoms with Gasteiger partial charge in [-0.2, -0.15) is 0 Å². The molecule has 64 valence electrons. The average molecular weight is 176 g/mol. The van der Waals surface area contributed by atoms with E-state index in [0.717, 1.165) is 19.6 Å². The molecule has 1 heterocycles. The van der Waals surface area contributed by atoms with Crippen LogP contribution in [0.15, 0.2) is 12.2 Å². The molecule has 1 rings (SSSR count). The molecule has 1 atom stereocenters. The number of nitrogens with zero attached hydrogens (tertiary/aromatic N) is 1. The molecule has 0 bridgehead atoms. The van der Waals surface area contributed by atoms with Crippen molar-refractivity contribution in [3.63, 3.8) is 0 Å². The van der Waals surface area contributed by atoms with Crippen LogP contribution in [-0.2, 0) is 4.74 Å². The number of alkyl halides is 1. The van der Waals surface area contributed by atoms with Crippen molar-refractivity contribution in [2.24, 2.45) is 0 Å². The van der Waals surface area contributed by atoms with Gasteiger partial charge in [-0.05, 0) is 0 Å². The predicted octanol–water partition coefficient (Wildman–Crippen LogP) is 1.11. The van der Waals surface area contributed by atoms with E-state index in [0.29, 0.717) is 5.88 Å². The Morgan fingerprint density at radius 3 is 3.18 bits per heavy atom. The summed E-state index contributed by atoms with van der Waals surface area (Å²) in [5.74, 6) is 0.699. The number of ether oxygens (including phenoxy) is 1. The fourth-order valence-electron chi connectivity index (χ4n) is 1.21. The van der Waals surface area contributed by atoms with E-state index in [1.165, 1.54) is 0 Å². The van der Waals surface area contributed by atoms with Crippen LogP contribution in [0.5, 0.6) is 0 Å². The monoisotopic (exact) mass is 175 g/mol. The maximum Gasteiger partial charge on any atom is 0.0879 e. The van der Waals surface area contributed by atoms with Crippen molar-refractivity contribution >= 4 is 11.6 Å². The Balaban J connectivity index is 2.32. The third-order valence-electron chi connectivity index (χ3n) is 1.86. The van der Waals surface area contributed by atoms with Gasteiger partial charge in [0.15, 0.2) is 0 Å². The first-order valence-electron chi connectivity index (χ1n) is 3.84. The first-order chi connectivity index (χ1) is 5.36. The standard InChI is InChI=1S/C8H14ClNO/c1-11-8-3-2-5-10(7-8)6-4-9/h2-3,8H,4-7H2,1H3. The summed E-state index contributed by atoms with van der Waals surface area (Å²) < 4.78 is 5.20. The Kier molecular flexibility index (Phi) is 3.91. The van der Waals surface area contributed by atoms with Gasteiger partial charge in [-0.15, -0.1) is 11.6 Å². The van der Waals surface area contributed by atoms with Crippen LogP contribution in [-0.4, -0.2) is 43.6 Å². The molecule has 1 aliphatic heterocycles. The molecule has 1 aliphatic rings. The molecular formula is C8H14ClNO. The molecule has 0 spiro atoms. The van der Waals surface area contributed by atoms with Crippen LogP contribution in [0.3, 0.4) is 0 Å². The lowest BCUT2D eigenvalue weighted by Crippen LogP contribution is -2.37. The van der Waals surface area contributed by atoms with Gasteiger partial charge < -0.3 is 4.74 Å². The highest BCUT2D eigenvalue weighted by molar-refractivity contribution is 6.18. The van der Waals surface area contributed by atoms with E-state index in [1.807, 2.05) is 0 Å². The van der Waals surface area contributed by atoms with Crippen molar-refractivity contribution in [2.75, 3.05) is 32.6 Å². The highest BCUT2D eigenvalue weighted by Crippen LogP contribution is 2.04. The van der Waals surface area contributed by atoms with Gasteiger partial charge in [0, 0.05) is 32.6 Å². The minimum Gasteiger partial charge on any atom is -0.376 e. The summed E-state index contributed by atoms with van der Waals surface area (Å²) in [5, 5.41) is 0. The van der Waals surface area contributed by atoms with Gasteiger partial charge in [0.25, 0.3) is 0 Å². The fourth-order valence-corrected chi connectivity index (χ4v) is 1.45. The second-order valence-electron chi connectivity index (χ2n) is 2.65. The molecular weight excluding hydrogens is 162 g/mol. The van der Waals surface area contributed by atoms with Crippen molar-refractivity contribution in [3.8, 4) is 0 Å². The van der Waals surface area contributed by atoms with Gasteiger partial charge in [-0.25, -0.2) is 0 Å². The first kappa shape index (κ1) is 9.04. The van der Waals surface area contributed by atoms with Crippen LogP contribution < -0.4 is 0 Å². The van der Waals surface area contributed by atoms with Gasteiger partial charge in [0.1, 0.15) is 0 Å². The summed E-state index contributed by atoms with van der Waals surface area (Å²) in [6, 6.07) is 0. The van der Waals surface area contributed by atoms with E-state index in [1.54, 1.807) is 7.11 Å². The molecule has 0 saturated heterocycles. The van der Waals surface area contributed by atoms with Crippen LogP contribution in [0.1, 0.15) is 0 Å². The lowest BCUT2D eigenvalue weighted by molar-refractivity contribution is 0.0954. The molecule has 3 heteroatoms. The molecule has 0 radical (unpaired) electrons. The van der Waals surface area contributed by atoms with Crippen LogP contribution in [0.25, 0.3) is 0 Å². The van der Waals surface area contributed by atoms with Gasteiger partial charge in [0.05, 0.1) is 6.10 Å². The maximum absolute atomic E-state index is 5.62. The summed E-state index contributed by atoms with van der Waals surface area (Å²) in [6.45, 7) is 2.93. The van der Waals surface area contributed by atoms with Crippen molar-refractivity contribution < 1.29 is 4.74 Å². The number of methoxy groups -OCH3 is 1. The summed E-state index contributed by atoms with van der Waals surface area (Å²) in [7, 11) is 1.74. The van der Waals surface area contributed by atoms with E-state index in [4.69, 9.17) is 16.3 Å². The molecule has 0 saturated carbocycles. The molecule has 1 unspecified atom stereocenters. The Labute approximate surface area is 72.8 Å². The zero-order valence-corrected chi connectivity index (χ0v) is 7.55. The highest BCUT2D eigenvalue weighted by Gasteiger charge is 2.13. The minimum absolute atomic E-state index is 0.256. The predicted molar refractivity (Wildman–Crippen MR) is 47.1 cm³/mol. The maximum atomic E-state index is 5.62.